The molecule has 0 N–H and O–H groups in total. The third-order valence-electron chi connectivity index (χ3n) is 35.4. The number of alkyl halides is 1. The van der Waals surface area contributed by atoms with Crippen molar-refractivity contribution in [1.29, 1.82) is 0 Å². The normalized spacial score (nSPS) is 23.9. The summed E-state index contributed by atoms with van der Waals surface area (Å²) in [7, 11) is 14.5. The van der Waals surface area contributed by atoms with Crippen molar-refractivity contribution in [2.24, 2.45) is 17.8 Å². The Morgan fingerprint density at radius 2 is 0.426 bits per heavy atom. The van der Waals surface area contributed by atoms with Crippen LogP contribution in [-0.4, -0.2) is 168 Å². The Morgan fingerprint density at radius 1 is 0.257 bits per heavy atom. The number of hydrogen-bond acceptors (Lipinski definition) is 3. The van der Waals surface area contributed by atoms with E-state index < -0.39 is 6.63 Å². The van der Waals surface area contributed by atoms with Crippen molar-refractivity contribution in [1.82, 2.24) is 14.7 Å². The molecule has 0 saturated heterocycles. The van der Waals surface area contributed by atoms with E-state index in [4.69, 9.17) is 33.7 Å². The van der Waals surface area contributed by atoms with Gasteiger partial charge in [0.25, 0.3) is 0 Å². The molecule has 148 heavy (non-hydrogen) atoms. The van der Waals surface area contributed by atoms with Gasteiger partial charge in [-0.05, 0) is 356 Å². The molecule has 0 heterocycles. The van der Waals surface area contributed by atoms with Gasteiger partial charge in [0.15, 0.2) is 0 Å². The monoisotopic (exact) mass is 2550 g/mol. The zero-order chi connectivity index (χ0) is 92.1. The fourth-order valence-electron chi connectivity index (χ4n) is 27.0. The maximum Gasteiger partial charge on any atom is 2.00 e. The minimum Gasteiger partial charge on any atom is -0.358 e. The molecule has 0 aliphatic heterocycles. The zero-order valence-electron chi connectivity index (χ0n) is 104. The van der Waals surface area contributed by atoms with Gasteiger partial charge in [-0.25, -0.2) is 0 Å². The quantitative estimate of drug-likeness (QED) is 0.0552. The average molecular weight is 2550 g/mol. The predicted octanol–water partition coefficient (Wildman–Crippen LogP) is 41.2. The van der Waals surface area contributed by atoms with Crippen molar-refractivity contribution < 1.29 is 140 Å². The molecule has 0 radical (unpaired) electrons. The number of hydrogen-bond donors (Lipinski definition) is 0. The second-order valence-corrected chi connectivity index (χ2v) is 66.5. The average Bonchev–Trinajstić information content (AvgIpc) is 1.65. The summed E-state index contributed by atoms with van der Waals surface area (Å²) in [4.78, 5) is 7.98. The van der Waals surface area contributed by atoms with Crippen LogP contribution in [0.1, 0.15) is 548 Å². The molecule has 18 rings (SSSR count). The molecule has 6 unspecified atom stereocenters. The zero-order valence-corrected chi connectivity index (χ0v) is 120. The molecule has 0 aromatic rings. The van der Waals surface area contributed by atoms with Gasteiger partial charge in [0.2, 0.25) is 0 Å². The molecule has 0 spiro atoms. The van der Waals surface area contributed by atoms with Gasteiger partial charge in [-0.2, -0.15) is 19.3 Å². The maximum atomic E-state index is 6.27. The van der Waals surface area contributed by atoms with Crippen LogP contribution in [0.25, 0.3) is 0 Å². The van der Waals surface area contributed by atoms with Gasteiger partial charge in [-0.1, -0.05) is 401 Å². The summed E-state index contributed by atoms with van der Waals surface area (Å²) in [6, 6.07) is 2.27. The number of nitrogens with zero attached hydrogens (tertiary/aromatic N) is 3. The summed E-state index contributed by atoms with van der Waals surface area (Å²) in [5.41, 5.74) is 13.8. The topological polar surface area (TPSA) is 9.72 Å². The molecular formula is C127H259BrCl3Fe6Li2N3P6. The Hall–Kier alpha value is 8.12. The first-order chi connectivity index (χ1) is 62.2. The van der Waals surface area contributed by atoms with E-state index in [9.17, 15) is 0 Å². The molecule has 3 nitrogen and oxygen atoms in total. The molecular weight excluding hydrogens is 2290 g/mol. The first-order valence-electron chi connectivity index (χ1n) is 58.0. The number of unbranched alkanes of at least 4 members (excludes halogenated alkanes) is 1. The van der Waals surface area contributed by atoms with Crippen molar-refractivity contribution in [3.05, 3.63) is 102 Å². The van der Waals surface area contributed by atoms with Crippen molar-refractivity contribution in [2.75, 3.05) is 62.3 Å². The first-order valence-corrected chi connectivity index (χ1v) is 71.8. The van der Waals surface area contributed by atoms with Crippen LogP contribution in [0.5, 0.6) is 0 Å². The van der Waals surface area contributed by atoms with Gasteiger partial charge >= 0.3 is 140 Å². The van der Waals surface area contributed by atoms with Crippen LogP contribution in [0.4, 0.5) is 0 Å². The standard InChI is InChI=1S/3C17H31P.C15H30NP.C10H21ClNP.C9H19N.C5H9Br.3C5H10.C5H9.C4H9.CH3Cl2P.12CH3.6Fe.2Li/c3*1-3-9-15(10-4-1)18(17-13-7-8-14-17)16-11-5-2-6-12-16;1-12(16(2)3)14-10-7-11-15(14)17(4)13-8-5-6-9-13;1-8(12(2)3)9-6-5-7-10(9)13(4)11;1-8(10(2)3)9-6-4-5-7-9;6-5-3-1-2-4-5;4*1-2-4-5-3-1;1-3-4-2;1-4(2)3;;;;;;;;;;;;;;;;;;;;/h3*15-17H,1-14H2;12-15H,5-11H2,1-4H3;8-10H,5-7H2,1-4H3;8-9H,4-7H2,1-3H3;5H,1-4H2;3*1-5H2;1H,2-5H2;1,3-4H2,2H3;1H3;12*1H3;;;;;;;;/q;;;;;;;;;;2*-1;;12*-1;6*+2;2*+1/t;;;12-,14?,15?,17?;8-,9?,10?,13?;8-;;;;;;;;;;;;;;;;;;;;;;;;;;;/m...111.........................../s1. The Labute approximate surface area is 1060 Å². The van der Waals surface area contributed by atoms with Crippen molar-refractivity contribution in [3.8, 4) is 0 Å². The summed E-state index contributed by atoms with van der Waals surface area (Å²) >= 11 is 20.0. The summed E-state index contributed by atoms with van der Waals surface area (Å²) in [5, 5.41) is 0. The Morgan fingerprint density at radius 3 is 0.595 bits per heavy atom. The van der Waals surface area contributed by atoms with Gasteiger partial charge in [0.05, 0.1) is 6.63 Å². The largest absolute Gasteiger partial charge is 2.00 e. The van der Waals surface area contributed by atoms with E-state index in [2.05, 4.69) is 127 Å². The second-order valence-electron chi connectivity index (χ2n) is 45.5. The molecule has 18 aliphatic carbocycles. The van der Waals surface area contributed by atoms with Crippen molar-refractivity contribution in [2.45, 2.75) is 639 Å². The van der Waals surface area contributed by atoms with Crippen LogP contribution in [0.3, 0.4) is 0 Å². The van der Waals surface area contributed by atoms with Crippen LogP contribution in [-0.2, 0) is 102 Å². The molecule has 18 fully saturated rings. The van der Waals surface area contributed by atoms with E-state index >= 15 is 0 Å². The molecule has 0 amide bonds. The summed E-state index contributed by atoms with van der Waals surface area (Å²) in [5.74, 6) is 2.81. The van der Waals surface area contributed by atoms with E-state index in [1.165, 1.54) is 321 Å². The minimum absolute atomic E-state index is 0. The van der Waals surface area contributed by atoms with Gasteiger partial charge in [-0.3, -0.25) is 0 Å². The van der Waals surface area contributed by atoms with Crippen molar-refractivity contribution in [3.63, 3.8) is 0 Å². The van der Waals surface area contributed by atoms with Gasteiger partial charge < -0.3 is 117 Å². The van der Waals surface area contributed by atoms with E-state index in [-0.39, 0.29) is 237 Å². The number of halogens is 4. The SMILES string of the molecule is BrC1CCCC1.C1CCC(P(C2CCCCC2)C2CCCC2)CC1.C1CCC(P(C2CCCCC2)C2CCCC2)CC1.C1CCC(P(C2CCCCC2)C2CCCC2)CC1.C1CCCC1.C1CCCC1.C1CCCC1.CP(Cl)Cl.C[C@H](C1CCCC1)N(C)C.C[C@H](C1CCCC1P(C)C1CCCC1)N(C)C.C[C@H](C1CCCC1P(C)Cl)N(C)C.[CH-]1CCCC1.[CH2-]CCC.[CH3-].[CH3-].[CH3-].[CH3-].[CH3-].[CH3-].[CH3-].[CH3-].[CH3-].[CH3-].[CH3-].[CH3-].[Fe+2].[Fe+2].[Fe+2].[Fe+2].[Fe+2].[Fe+2].[Li+].[Li+]. The van der Waals surface area contributed by atoms with Gasteiger partial charge in [0, 0.05) is 23.0 Å². The molecule has 9 atom stereocenters. The third-order valence-corrected chi connectivity index (χ3v) is 54.2. The smallest absolute Gasteiger partial charge is 0.358 e. The molecule has 0 aromatic heterocycles. The Balaban J connectivity index is -0.000000101. The molecule has 18 saturated carbocycles. The van der Waals surface area contributed by atoms with Gasteiger partial charge in [0.1, 0.15) is 0 Å². The molecule has 18 aliphatic rings. The van der Waals surface area contributed by atoms with Crippen LogP contribution < -0.4 is 37.7 Å². The fraction of sp³-hybridized carbons (Fsp3) is 0.890. The fourth-order valence-corrected chi connectivity index (χ4v) is 47.2. The first kappa shape index (κ1) is 189. The van der Waals surface area contributed by atoms with Crippen LogP contribution in [0.2, 0.25) is 0 Å². The Bertz CT molecular complexity index is 2230. The molecule has 0 aromatic carbocycles. The predicted molar refractivity (Wildman–Crippen MR) is 681 cm³/mol. The van der Waals surface area contributed by atoms with E-state index in [1.54, 1.807) is 251 Å². The minimum atomic E-state index is -0.676. The van der Waals surface area contributed by atoms with Crippen LogP contribution in [0.15, 0.2) is 0 Å². The van der Waals surface area contributed by atoms with Crippen LogP contribution >= 0.6 is 95.2 Å². The van der Waals surface area contributed by atoms with E-state index in [1.807, 2.05) is 0 Å². The summed E-state index contributed by atoms with van der Waals surface area (Å²) in [6.45, 7) is 18.8. The Kier molecular flexibility index (Phi) is 155. The van der Waals surface area contributed by atoms with E-state index in [0.717, 1.165) is 58.1 Å². The van der Waals surface area contributed by atoms with Crippen LogP contribution in [0, 0.1) is 120 Å². The van der Waals surface area contributed by atoms with E-state index in [0.29, 0.717) is 37.7 Å². The summed E-state index contributed by atoms with van der Waals surface area (Å²) < 4.78 is 0. The summed E-state index contributed by atoms with van der Waals surface area (Å²) in [6.07, 6.45) is 125. The molecule has 21 heteroatoms. The second kappa shape index (κ2) is 122. The van der Waals surface area contributed by atoms with Gasteiger partial charge in [-0.15, -0.1) is 7.92 Å². The molecule has 890 valence electrons. The third kappa shape index (κ3) is 81.1. The number of rotatable bonds is 19. The van der Waals surface area contributed by atoms with Crippen molar-refractivity contribution >= 4 is 95.2 Å². The molecule has 0 bridgehead atoms. The maximum absolute atomic E-state index is 6.27.